The Bertz CT molecular complexity index is 3510. The predicted octanol–water partition coefficient (Wildman–Crippen LogP) is 15.2. The van der Waals surface area contributed by atoms with Crippen LogP contribution in [0.5, 0.6) is 0 Å². The summed E-state index contributed by atoms with van der Waals surface area (Å²) in [6.45, 7) is 16.3. The number of hydrogen-bond acceptors (Lipinski definition) is 4. The zero-order chi connectivity index (χ0) is 44.8. The van der Waals surface area contributed by atoms with Crippen LogP contribution < -0.4 is 5.19 Å². The van der Waals surface area contributed by atoms with Gasteiger partial charge in [-0.25, -0.2) is 0 Å². The molecule has 11 aromatic rings. The van der Waals surface area contributed by atoms with Gasteiger partial charge in [0.2, 0.25) is 0 Å². The van der Waals surface area contributed by atoms with E-state index in [0.29, 0.717) is 11.6 Å². The average molecular weight is 1050 g/mol. The van der Waals surface area contributed by atoms with Crippen LogP contribution in [0, 0.1) is 18.2 Å². The van der Waals surface area contributed by atoms with Crippen LogP contribution in [0.3, 0.4) is 0 Å². The van der Waals surface area contributed by atoms with Crippen LogP contribution in [0.2, 0.25) is 19.6 Å². The fourth-order valence-corrected chi connectivity index (χ4v) is 11.0. The molecule has 11 rings (SSSR count). The van der Waals surface area contributed by atoms with E-state index in [1.807, 2.05) is 36.4 Å². The van der Waals surface area contributed by atoms with Crippen molar-refractivity contribution in [2.24, 2.45) is 5.92 Å². The van der Waals surface area contributed by atoms with Crippen LogP contribution in [0.15, 0.2) is 168 Å². The number of para-hydroxylation sites is 2. The minimum atomic E-state index is -1.34. The molecule has 4 aromatic heterocycles. The van der Waals surface area contributed by atoms with Crippen LogP contribution in [0.25, 0.3) is 94.1 Å². The smallest absolute Gasteiger partial charge is 0.141 e. The number of pyridine rings is 2. The molecule has 0 bridgehead atoms. The fraction of sp³-hybridized carbons (Fsp3) is 0.169. The molecule has 0 fully saturated rings. The van der Waals surface area contributed by atoms with Gasteiger partial charge in [-0.2, -0.15) is 0 Å². The second-order valence-corrected chi connectivity index (χ2v) is 23.8. The summed E-state index contributed by atoms with van der Waals surface area (Å²) in [4.78, 5) is 14.7. The maximum Gasteiger partial charge on any atom is 0.141 e. The average Bonchev–Trinajstić information content (AvgIpc) is 3.89. The van der Waals surface area contributed by atoms with Crippen LogP contribution in [0.1, 0.15) is 44.7 Å². The number of nitrogens with zero attached hydrogens (tertiary/aromatic N) is 4. The van der Waals surface area contributed by atoms with Crippen molar-refractivity contribution in [1.82, 2.24) is 19.5 Å². The Morgan fingerprint density at radius 2 is 1.32 bits per heavy atom. The molecule has 0 aliphatic heterocycles. The number of hydrogen-bond donors (Lipinski definition) is 0. The third kappa shape index (κ3) is 8.44. The predicted molar refractivity (Wildman–Crippen MR) is 275 cm³/mol. The van der Waals surface area contributed by atoms with Crippen molar-refractivity contribution < 1.29 is 24.5 Å². The van der Waals surface area contributed by atoms with Gasteiger partial charge in [0.1, 0.15) is 11.3 Å². The topological polar surface area (TPSA) is 56.7 Å². The number of fused-ring (bicyclic) bond motifs is 7. The van der Waals surface area contributed by atoms with E-state index >= 15 is 0 Å². The first-order chi connectivity index (χ1) is 31.5. The van der Waals surface area contributed by atoms with Crippen LogP contribution in [-0.4, -0.2) is 27.6 Å². The van der Waals surface area contributed by atoms with E-state index in [4.69, 9.17) is 14.4 Å². The van der Waals surface area contributed by atoms with Gasteiger partial charge >= 0.3 is 0 Å². The van der Waals surface area contributed by atoms with E-state index in [1.165, 1.54) is 37.9 Å². The molecule has 5 nitrogen and oxygen atoms in total. The maximum absolute atomic E-state index is 6.19. The second-order valence-electron chi connectivity index (χ2n) is 18.8. The molecule has 7 heteroatoms. The van der Waals surface area contributed by atoms with Crippen LogP contribution >= 0.6 is 0 Å². The van der Waals surface area contributed by atoms with Crippen molar-refractivity contribution in [2.75, 3.05) is 0 Å². The van der Waals surface area contributed by atoms with E-state index in [2.05, 4.69) is 197 Å². The summed E-state index contributed by atoms with van der Waals surface area (Å²) >= 11 is 0. The van der Waals surface area contributed by atoms with Crippen molar-refractivity contribution in [3.63, 3.8) is 0 Å². The third-order valence-electron chi connectivity index (χ3n) is 12.3. The van der Waals surface area contributed by atoms with Gasteiger partial charge < -0.3 is 19.0 Å². The fourth-order valence-electron chi connectivity index (χ4n) is 9.43. The summed E-state index contributed by atoms with van der Waals surface area (Å²) in [7, 11) is -1.34. The Labute approximate surface area is 402 Å². The number of aromatic nitrogens is 4. The second kappa shape index (κ2) is 18.4. The van der Waals surface area contributed by atoms with Gasteiger partial charge in [0.15, 0.2) is 0 Å². The molecule has 0 atom stereocenters. The molecule has 0 aliphatic rings. The third-order valence-corrected chi connectivity index (χ3v) is 14.4. The number of rotatable bonds is 8. The van der Waals surface area contributed by atoms with Crippen molar-refractivity contribution in [3.8, 4) is 39.5 Å². The summed E-state index contributed by atoms with van der Waals surface area (Å²) in [6.07, 6.45) is 6.55. The molecule has 4 heterocycles. The van der Waals surface area contributed by atoms with E-state index in [-0.39, 0.29) is 26.0 Å². The number of benzene rings is 7. The number of furan rings is 1. The van der Waals surface area contributed by atoms with Gasteiger partial charge in [-0.3, -0.25) is 4.98 Å². The molecular formula is C59H52IrN4OSi-2. The largest absolute Gasteiger partial charge is 0.483 e. The summed E-state index contributed by atoms with van der Waals surface area (Å²) in [5.74, 6) is 1.74. The normalized spacial score (nSPS) is 11.8. The van der Waals surface area contributed by atoms with Crippen LogP contribution in [-0.2, 0) is 26.5 Å². The molecule has 66 heavy (non-hydrogen) atoms. The van der Waals surface area contributed by atoms with Crippen LogP contribution in [0.4, 0.5) is 0 Å². The maximum atomic E-state index is 6.19. The van der Waals surface area contributed by atoms with Crippen molar-refractivity contribution in [1.29, 1.82) is 0 Å². The molecular weight excluding hydrogens is 1000 g/mol. The first-order valence-electron chi connectivity index (χ1n) is 22.7. The Hall–Kier alpha value is -6.50. The van der Waals surface area contributed by atoms with Crippen molar-refractivity contribution in [2.45, 2.75) is 59.7 Å². The molecule has 0 unspecified atom stereocenters. The van der Waals surface area contributed by atoms with E-state index in [9.17, 15) is 0 Å². The molecule has 0 N–H and O–H groups in total. The van der Waals surface area contributed by atoms with Crippen molar-refractivity contribution in [3.05, 3.63) is 187 Å². The van der Waals surface area contributed by atoms with E-state index in [0.717, 1.165) is 73.3 Å². The minimum absolute atomic E-state index is 0. The Morgan fingerprint density at radius 3 is 2.03 bits per heavy atom. The summed E-state index contributed by atoms with van der Waals surface area (Å²) in [5.41, 5.74) is 12.5. The first kappa shape index (κ1) is 44.7. The molecule has 0 spiro atoms. The van der Waals surface area contributed by atoms with Gasteiger partial charge in [0.25, 0.3) is 0 Å². The van der Waals surface area contributed by atoms with Gasteiger partial charge in [0, 0.05) is 37.1 Å². The van der Waals surface area contributed by atoms with Gasteiger partial charge in [-0.05, 0) is 97.8 Å². The monoisotopic (exact) mass is 1050 g/mol. The zero-order valence-electron chi connectivity index (χ0n) is 38.5. The summed E-state index contributed by atoms with van der Waals surface area (Å²) < 4.78 is 8.52. The molecule has 329 valence electrons. The van der Waals surface area contributed by atoms with Gasteiger partial charge in [-0.1, -0.05) is 162 Å². The molecule has 0 aliphatic carbocycles. The standard InChI is InChI=1S/C41H28N3O.C18H24NSi.Ir/c1-25(2)38-31-16-8-6-14-29(31)30-15-7-9-17-32(30)39(38)44-36-19-11-10-18-35(36)43-40(44)28-23-34-33-22-27(26-12-4-3-5-13-26)20-21-37(33)45-41(34)42-24-28;1-14(2)11-16-12-17(15-9-7-6-8-10-15)19-13-18(16)20(3,4)5;/h3-23,25H,1-2H3;6-9,12-14H,11H2,1-5H3;/q2*-1;. The summed E-state index contributed by atoms with van der Waals surface area (Å²) in [6, 6.07) is 58.4. The van der Waals surface area contributed by atoms with Crippen molar-refractivity contribution >= 4 is 67.9 Å². The summed E-state index contributed by atoms with van der Waals surface area (Å²) in [5, 5.41) is 8.41. The molecule has 7 aromatic carbocycles. The van der Waals surface area contributed by atoms with E-state index in [1.54, 1.807) is 0 Å². The molecule has 0 amide bonds. The molecule has 0 saturated carbocycles. The van der Waals surface area contributed by atoms with E-state index < -0.39 is 8.07 Å². The Morgan fingerprint density at radius 1 is 0.636 bits per heavy atom. The quantitative estimate of drug-likeness (QED) is 0.0864. The number of imidazole rings is 1. The Kier molecular flexibility index (Phi) is 12.5. The molecule has 0 saturated heterocycles. The first-order valence-corrected chi connectivity index (χ1v) is 26.2. The minimum Gasteiger partial charge on any atom is -0.483 e. The Balaban J connectivity index is 0.000000221. The zero-order valence-corrected chi connectivity index (χ0v) is 41.9. The molecule has 1 radical (unpaired) electrons. The van der Waals surface area contributed by atoms with Gasteiger partial charge in [-0.15, -0.1) is 42.0 Å². The SMILES string of the molecule is CC(C)Cc1cc(-c2[c-]cccc2)ncc1[Si](C)(C)C.CC(C)c1c(-n2c(-c3[c-]nc4oc5ccc(-c6ccccc6)cc5c4c3)nc3ccccc32)c2ccccc2c2ccccc12.[Ir]. The van der Waals surface area contributed by atoms with Gasteiger partial charge in [0.05, 0.1) is 30.6 Å².